The van der Waals surface area contributed by atoms with Crippen molar-refractivity contribution in [2.45, 2.75) is 17.7 Å². The van der Waals surface area contributed by atoms with Crippen molar-refractivity contribution < 1.29 is 14.3 Å². The number of nitrogens with zero attached hydrogens (tertiary/aromatic N) is 1. The number of ether oxygens (including phenoxy) is 2. The summed E-state index contributed by atoms with van der Waals surface area (Å²) in [7, 11) is 0. The second-order valence-corrected chi connectivity index (χ2v) is 5.76. The van der Waals surface area contributed by atoms with Crippen LogP contribution in [-0.2, 0) is 14.3 Å². The van der Waals surface area contributed by atoms with Gasteiger partial charge in [0, 0.05) is 19.5 Å². The van der Waals surface area contributed by atoms with Gasteiger partial charge in [0.05, 0.1) is 0 Å². The molecule has 0 aromatic carbocycles. The zero-order chi connectivity index (χ0) is 12.7. The van der Waals surface area contributed by atoms with E-state index in [0.717, 1.165) is 24.4 Å². The Morgan fingerprint density at radius 3 is 3.06 bits per heavy atom. The molecule has 1 amide bonds. The summed E-state index contributed by atoms with van der Waals surface area (Å²) in [5, 5.41) is 0. The second-order valence-electron chi connectivity index (χ2n) is 4.66. The van der Waals surface area contributed by atoms with Crippen LogP contribution in [0.4, 0.5) is 0 Å². The minimum Gasteiger partial charge on any atom is -0.458 e. The average Bonchev–Trinajstić information content (AvgIpc) is 2.81. The van der Waals surface area contributed by atoms with Gasteiger partial charge in [-0.15, -0.1) is 0 Å². The maximum atomic E-state index is 11.8. The summed E-state index contributed by atoms with van der Waals surface area (Å²) in [6.45, 7) is 1.58. The number of amides is 1. The largest absolute Gasteiger partial charge is 0.458 e. The lowest BCUT2D eigenvalue weighted by molar-refractivity contribution is -0.129. The number of likely N-dealkylation sites (tertiary alicyclic amines) is 1. The lowest BCUT2D eigenvalue weighted by Gasteiger charge is -2.36. The Kier molecular flexibility index (Phi) is 3.16. The van der Waals surface area contributed by atoms with E-state index < -0.39 is 4.84 Å². The van der Waals surface area contributed by atoms with Gasteiger partial charge >= 0.3 is 0 Å². The third-order valence-electron chi connectivity index (χ3n) is 3.61. The van der Waals surface area contributed by atoms with E-state index in [1.54, 1.807) is 4.90 Å². The molecule has 0 bridgehead atoms. The third kappa shape index (κ3) is 2.08. The van der Waals surface area contributed by atoms with E-state index in [-0.39, 0.29) is 5.91 Å². The van der Waals surface area contributed by atoms with Crippen molar-refractivity contribution in [1.29, 1.82) is 0 Å². The van der Waals surface area contributed by atoms with Crippen molar-refractivity contribution in [3.05, 3.63) is 23.2 Å². The number of rotatable bonds is 1. The van der Waals surface area contributed by atoms with Gasteiger partial charge in [-0.1, -0.05) is 23.2 Å². The molecule has 0 aromatic rings. The highest BCUT2D eigenvalue weighted by atomic mass is 35.5. The van der Waals surface area contributed by atoms with Crippen LogP contribution >= 0.6 is 23.2 Å². The van der Waals surface area contributed by atoms with Gasteiger partial charge in [-0.25, -0.2) is 0 Å². The minimum absolute atomic E-state index is 0.221. The lowest BCUT2D eigenvalue weighted by Crippen LogP contribution is -2.42. The van der Waals surface area contributed by atoms with Crippen molar-refractivity contribution in [2.24, 2.45) is 5.92 Å². The number of allylic oxidation sites excluding steroid dienone is 2. The first-order valence-corrected chi connectivity index (χ1v) is 6.78. The van der Waals surface area contributed by atoms with E-state index in [4.69, 9.17) is 32.7 Å². The molecule has 0 radical (unpaired) electrons. The number of alkyl halides is 2. The van der Waals surface area contributed by atoms with Crippen molar-refractivity contribution in [2.75, 3.05) is 19.9 Å². The molecule has 0 aromatic heterocycles. The lowest BCUT2D eigenvalue weighted by atomic mass is 9.84. The van der Waals surface area contributed by atoms with Crippen LogP contribution in [0.15, 0.2) is 23.2 Å². The Balaban J connectivity index is 1.77. The molecular weight excluding hydrogens is 277 g/mol. The number of halogens is 2. The summed E-state index contributed by atoms with van der Waals surface area (Å²) in [6.07, 6.45) is 3.78. The topological polar surface area (TPSA) is 38.8 Å². The van der Waals surface area contributed by atoms with Gasteiger partial charge in [0.25, 0.3) is 5.91 Å². The number of hydrogen-bond donors (Lipinski definition) is 0. The Bertz CT molecular complexity index is 445. The third-order valence-corrected chi connectivity index (χ3v) is 3.99. The maximum Gasteiger partial charge on any atom is 0.256 e. The van der Waals surface area contributed by atoms with E-state index in [1.807, 2.05) is 6.08 Å². The van der Waals surface area contributed by atoms with E-state index in [0.29, 0.717) is 25.8 Å². The van der Waals surface area contributed by atoms with E-state index in [9.17, 15) is 4.79 Å². The molecule has 1 aliphatic carbocycles. The molecule has 0 N–H and O–H groups in total. The maximum absolute atomic E-state index is 11.8. The zero-order valence-electron chi connectivity index (χ0n) is 9.70. The summed E-state index contributed by atoms with van der Waals surface area (Å²) in [4.78, 5) is 12.5. The monoisotopic (exact) mass is 289 g/mol. The summed E-state index contributed by atoms with van der Waals surface area (Å²) < 4.78 is 10.8. The number of carbonyl (C=O) groups excluding carboxylic acids is 1. The fraction of sp³-hybridized carbons (Fsp3) is 0.583. The predicted molar refractivity (Wildman–Crippen MR) is 66.9 cm³/mol. The van der Waals surface area contributed by atoms with Gasteiger partial charge in [-0.2, -0.15) is 0 Å². The van der Waals surface area contributed by atoms with Gasteiger partial charge < -0.3 is 14.4 Å². The first kappa shape index (κ1) is 12.2. The first-order valence-electron chi connectivity index (χ1n) is 5.91. The molecule has 2 aliphatic heterocycles. The normalized spacial score (nSPS) is 26.3. The Morgan fingerprint density at radius 1 is 1.44 bits per heavy atom. The molecule has 1 atom stereocenters. The molecular formula is C12H13Cl2NO3. The zero-order valence-corrected chi connectivity index (χ0v) is 11.2. The highest BCUT2D eigenvalue weighted by Gasteiger charge is 2.34. The molecule has 0 saturated carbocycles. The minimum atomic E-state index is -0.980. The van der Waals surface area contributed by atoms with Crippen LogP contribution in [0.2, 0.25) is 0 Å². The molecule has 1 fully saturated rings. The van der Waals surface area contributed by atoms with Crippen molar-refractivity contribution >= 4 is 29.1 Å². The van der Waals surface area contributed by atoms with Gasteiger partial charge in [0.2, 0.25) is 6.79 Å². The van der Waals surface area contributed by atoms with Crippen LogP contribution in [0.25, 0.3) is 0 Å². The summed E-state index contributed by atoms with van der Waals surface area (Å²) in [5.74, 6) is 1.97. The Hall–Kier alpha value is -0.870. The van der Waals surface area contributed by atoms with Crippen molar-refractivity contribution in [3.63, 3.8) is 0 Å². The van der Waals surface area contributed by atoms with E-state index >= 15 is 0 Å². The molecule has 98 valence electrons. The molecule has 2 heterocycles. The van der Waals surface area contributed by atoms with Crippen LogP contribution in [0.1, 0.15) is 12.8 Å². The summed E-state index contributed by atoms with van der Waals surface area (Å²) in [5.41, 5.74) is 1.20. The van der Waals surface area contributed by atoms with Gasteiger partial charge in [-0.3, -0.25) is 4.79 Å². The highest BCUT2D eigenvalue weighted by Crippen LogP contribution is 2.38. The van der Waals surface area contributed by atoms with Gasteiger partial charge in [0.15, 0.2) is 10.6 Å². The molecule has 1 unspecified atom stereocenters. The second kappa shape index (κ2) is 4.67. The summed E-state index contributed by atoms with van der Waals surface area (Å²) >= 11 is 11.3. The quantitative estimate of drug-likeness (QED) is 0.695. The fourth-order valence-electron chi connectivity index (χ4n) is 2.64. The number of fused-ring (bicyclic) bond motifs is 1. The number of carbonyl (C=O) groups is 1. The smallest absolute Gasteiger partial charge is 0.256 e. The average molecular weight is 290 g/mol. The molecule has 3 aliphatic rings. The van der Waals surface area contributed by atoms with Crippen molar-refractivity contribution in [1.82, 2.24) is 4.90 Å². The number of piperidine rings is 1. The van der Waals surface area contributed by atoms with Crippen LogP contribution in [0.5, 0.6) is 0 Å². The summed E-state index contributed by atoms with van der Waals surface area (Å²) in [6, 6.07) is 0. The van der Waals surface area contributed by atoms with Crippen LogP contribution in [-0.4, -0.2) is 35.5 Å². The first-order chi connectivity index (χ1) is 8.65. The molecule has 4 nitrogen and oxygen atoms in total. The molecule has 18 heavy (non-hydrogen) atoms. The standard InChI is InChI=1S/C12H13Cl2NO3/c13-11(14)12(16)15-2-1-7-3-9-10(18-6-17-9)4-8(7)5-15/h4,7,11H,1-3,5-6H2. The fourth-order valence-corrected chi connectivity index (χ4v) is 2.91. The molecule has 3 rings (SSSR count). The molecule has 0 spiro atoms. The van der Waals surface area contributed by atoms with Gasteiger partial charge in [0.1, 0.15) is 5.76 Å². The van der Waals surface area contributed by atoms with Crippen LogP contribution in [0.3, 0.4) is 0 Å². The Morgan fingerprint density at radius 2 is 2.28 bits per heavy atom. The van der Waals surface area contributed by atoms with Gasteiger partial charge in [-0.05, 0) is 24.0 Å². The van der Waals surface area contributed by atoms with E-state index in [2.05, 4.69) is 0 Å². The van der Waals surface area contributed by atoms with E-state index in [1.165, 1.54) is 5.57 Å². The van der Waals surface area contributed by atoms with Crippen LogP contribution < -0.4 is 0 Å². The highest BCUT2D eigenvalue weighted by molar-refractivity contribution is 6.53. The molecule has 6 heteroatoms. The number of hydrogen-bond acceptors (Lipinski definition) is 3. The predicted octanol–water partition coefficient (Wildman–Crippen LogP) is 2.18. The molecule has 1 saturated heterocycles. The SMILES string of the molecule is O=C(C(Cl)Cl)N1CCC2CC3=C(C=C2C1)OCO3. The Labute approximate surface area is 115 Å². The van der Waals surface area contributed by atoms with Crippen molar-refractivity contribution in [3.8, 4) is 0 Å². The van der Waals surface area contributed by atoms with Crippen LogP contribution in [0, 0.1) is 5.92 Å².